The Hall–Kier alpha value is -4.09. The number of pyridine rings is 2. The summed E-state index contributed by atoms with van der Waals surface area (Å²) in [6.45, 7) is 23.0. The molecule has 0 spiro atoms. The van der Waals surface area contributed by atoms with Crippen molar-refractivity contribution < 1.29 is 8.98 Å². The Morgan fingerprint density at radius 2 is 1.84 bits per heavy atom. The van der Waals surface area contributed by atoms with Gasteiger partial charge in [0.15, 0.2) is 17.8 Å². The molecule has 5 aromatic rings. The number of nitrogens with zero attached hydrogens (tertiary/aromatic N) is 3. The lowest BCUT2D eigenvalue weighted by atomic mass is 9.77. The summed E-state index contributed by atoms with van der Waals surface area (Å²) in [7, 11) is -1.62. The van der Waals surface area contributed by atoms with Crippen molar-refractivity contribution in [1.82, 2.24) is 4.98 Å². The Balaban J connectivity index is 1.45. The van der Waals surface area contributed by atoms with Gasteiger partial charge in [0.05, 0.1) is 25.8 Å². The van der Waals surface area contributed by atoms with Gasteiger partial charge in [0, 0.05) is 39.5 Å². The van der Waals surface area contributed by atoms with Gasteiger partial charge in [0.25, 0.3) is 0 Å². The number of para-hydroxylation sites is 1. The summed E-state index contributed by atoms with van der Waals surface area (Å²) in [5, 5.41) is 2.59. The lowest BCUT2D eigenvalue weighted by Gasteiger charge is -2.33. The fourth-order valence-electron chi connectivity index (χ4n) is 7.83. The van der Waals surface area contributed by atoms with E-state index in [9.17, 15) is 0 Å². The van der Waals surface area contributed by atoms with Crippen LogP contribution in [-0.4, -0.2) is 18.8 Å². The first kappa shape index (κ1) is 29.6. The monoisotopic (exact) mass is 610 g/mol. The number of hydrogen-bond acceptors (Lipinski definition) is 3. The zero-order chi connectivity index (χ0) is 31.6. The second-order valence-electron chi connectivity index (χ2n) is 14.5. The highest BCUT2D eigenvalue weighted by Gasteiger charge is 2.42. The van der Waals surface area contributed by atoms with Gasteiger partial charge in [-0.05, 0) is 73.1 Å². The zero-order valence-corrected chi connectivity index (χ0v) is 28.6. The van der Waals surface area contributed by atoms with Crippen LogP contribution in [0.25, 0.3) is 33.3 Å². The smallest absolute Gasteiger partial charge is 0.213 e. The third-order valence-electron chi connectivity index (χ3n) is 9.79. The van der Waals surface area contributed by atoms with Crippen LogP contribution in [-0.2, 0) is 12.8 Å². The van der Waals surface area contributed by atoms with Crippen LogP contribution in [0.15, 0.2) is 95.1 Å². The highest BCUT2D eigenvalue weighted by Crippen LogP contribution is 2.45. The number of hydrogen-bond donors (Lipinski definition) is 0. The molecule has 3 aromatic heterocycles. The van der Waals surface area contributed by atoms with E-state index in [0.717, 1.165) is 70.4 Å². The minimum atomic E-state index is -1.62. The van der Waals surface area contributed by atoms with Crippen LogP contribution in [0.4, 0.5) is 0 Å². The Bertz CT molecular complexity index is 2040. The molecular weight excluding hydrogens is 567 g/mol. The summed E-state index contributed by atoms with van der Waals surface area (Å²) in [5.41, 5.74) is 13.1. The minimum absolute atomic E-state index is 0.213. The number of allylic oxidation sites excluding steroid dienone is 2. The third kappa shape index (κ3) is 5.02. The topological polar surface area (TPSA) is 42.3 Å². The van der Waals surface area contributed by atoms with Crippen molar-refractivity contribution in [1.29, 1.82) is 0 Å². The van der Waals surface area contributed by atoms with Gasteiger partial charge in [-0.25, -0.2) is 4.98 Å². The molecule has 5 heterocycles. The molecule has 2 aliphatic rings. The van der Waals surface area contributed by atoms with E-state index in [1.807, 2.05) is 24.3 Å². The first-order valence-electron chi connectivity index (χ1n) is 16.4. The highest BCUT2D eigenvalue weighted by molar-refractivity contribution is 6.89. The van der Waals surface area contributed by atoms with Crippen molar-refractivity contribution in [2.24, 2.45) is 10.9 Å². The second-order valence-corrected chi connectivity index (χ2v) is 19.5. The fraction of sp³-hybridized carbons (Fsp3) is 0.325. The summed E-state index contributed by atoms with van der Waals surface area (Å²) in [4.78, 5) is 10.4. The van der Waals surface area contributed by atoms with Crippen LogP contribution in [0, 0.1) is 12.8 Å². The largest absolute Gasteiger partial charge is 0.454 e. The van der Waals surface area contributed by atoms with Gasteiger partial charge in [-0.15, -0.1) is 0 Å². The maximum atomic E-state index is 6.51. The molecule has 2 unspecified atom stereocenters. The number of aromatic nitrogens is 2. The first-order chi connectivity index (χ1) is 21.5. The number of benzene rings is 2. The molecular formula is C40H44N3OSi+. The molecule has 0 radical (unpaired) electrons. The number of aryl methyl sites for hydroxylation is 1. The van der Waals surface area contributed by atoms with Gasteiger partial charge in [-0.2, -0.15) is 4.57 Å². The number of rotatable bonds is 4. The van der Waals surface area contributed by atoms with Gasteiger partial charge in [0.2, 0.25) is 5.69 Å². The first-order valence-corrected chi connectivity index (χ1v) is 19.9. The molecule has 2 aromatic carbocycles. The molecule has 7 rings (SSSR count). The summed E-state index contributed by atoms with van der Waals surface area (Å²) < 4.78 is 9.12. The van der Waals surface area contributed by atoms with Crippen molar-refractivity contribution >= 4 is 41.0 Å². The Labute approximate surface area is 268 Å². The molecule has 0 bridgehead atoms. The van der Waals surface area contributed by atoms with E-state index in [2.05, 4.69) is 101 Å². The summed E-state index contributed by atoms with van der Waals surface area (Å²) in [6.07, 6.45) is 8.13. The Morgan fingerprint density at radius 1 is 1.09 bits per heavy atom. The standard InChI is InChI=1S/C40H44N3OSi/c1-9-33-38-28(26(5)42-39-32-16-12-13-17-36(32)44-40(38)39)18-19-31-29-14-10-11-15-30(29)35-22-27(20-24(2)3)37(45(6,7)8)23-43(35)34(31)21-25(4)41-33/h9-17,22-24,31,34H,1,4,18-21H2,2-3,5-8H3/q+1/b41-33-. The highest BCUT2D eigenvalue weighted by atomic mass is 28.3. The molecule has 0 fully saturated rings. The van der Waals surface area contributed by atoms with Crippen LogP contribution < -0.4 is 9.75 Å². The molecule has 4 nitrogen and oxygen atoms in total. The van der Waals surface area contributed by atoms with Crippen LogP contribution in [0.1, 0.15) is 66.6 Å². The zero-order valence-electron chi connectivity index (χ0n) is 27.6. The maximum Gasteiger partial charge on any atom is 0.213 e. The van der Waals surface area contributed by atoms with E-state index in [4.69, 9.17) is 14.4 Å². The normalized spacial score (nSPS) is 19.4. The second kappa shape index (κ2) is 11.1. The average molecular weight is 611 g/mol. The van der Waals surface area contributed by atoms with Crippen LogP contribution in [0.5, 0.6) is 0 Å². The van der Waals surface area contributed by atoms with Crippen molar-refractivity contribution in [2.75, 3.05) is 0 Å². The van der Waals surface area contributed by atoms with Gasteiger partial charge in [0.1, 0.15) is 11.1 Å². The van der Waals surface area contributed by atoms with Gasteiger partial charge >= 0.3 is 0 Å². The molecule has 0 saturated carbocycles. The molecule has 2 aliphatic heterocycles. The molecule has 0 N–H and O–H groups in total. The fourth-order valence-corrected chi connectivity index (χ4v) is 9.49. The van der Waals surface area contributed by atoms with Crippen molar-refractivity contribution in [3.05, 3.63) is 114 Å². The molecule has 0 saturated heterocycles. The number of aliphatic imine (C=N–C) groups is 1. The van der Waals surface area contributed by atoms with E-state index < -0.39 is 8.07 Å². The van der Waals surface area contributed by atoms with Crippen molar-refractivity contribution in [3.8, 4) is 11.3 Å². The van der Waals surface area contributed by atoms with Gasteiger partial charge in [-0.3, -0.25) is 4.99 Å². The average Bonchev–Trinajstić information content (AvgIpc) is 3.36. The predicted molar refractivity (Wildman–Crippen MR) is 190 cm³/mol. The van der Waals surface area contributed by atoms with E-state index in [-0.39, 0.29) is 6.04 Å². The Kier molecular flexibility index (Phi) is 7.28. The van der Waals surface area contributed by atoms with Crippen molar-refractivity contribution in [3.63, 3.8) is 0 Å². The Morgan fingerprint density at radius 3 is 2.60 bits per heavy atom. The molecule has 0 aliphatic carbocycles. The van der Waals surface area contributed by atoms with E-state index in [1.54, 1.807) is 5.19 Å². The van der Waals surface area contributed by atoms with Crippen molar-refractivity contribution in [2.45, 2.75) is 78.1 Å². The maximum absolute atomic E-state index is 6.51. The van der Waals surface area contributed by atoms with Gasteiger partial charge < -0.3 is 4.42 Å². The van der Waals surface area contributed by atoms with Gasteiger partial charge in [-0.1, -0.05) is 77.0 Å². The molecule has 0 amide bonds. The van der Waals surface area contributed by atoms with Crippen LogP contribution in [0.3, 0.4) is 0 Å². The third-order valence-corrected chi connectivity index (χ3v) is 11.9. The van der Waals surface area contributed by atoms with E-state index >= 15 is 0 Å². The summed E-state index contributed by atoms with van der Waals surface area (Å²) in [6, 6.07) is 20.0. The molecule has 2 atom stereocenters. The van der Waals surface area contributed by atoms with E-state index in [0.29, 0.717) is 11.8 Å². The number of furan rings is 1. The predicted octanol–water partition coefficient (Wildman–Crippen LogP) is 9.15. The lowest BCUT2D eigenvalue weighted by Crippen LogP contribution is -2.54. The molecule has 228 valence electrons. The molecule has 45 heavy (non-hydrogen) atoms. The minimum Gasteiger partial charge on any atom is -0.454 e. The molecule has 5 heteroatoms. The summed E-state index contributed by atoms with van der Waals surface area (Å²) in [5.74, 6) is 0.907. The number of fused-ring (bicyclic) bond motifs is 11. The lowest BCUT2D eigenvalue weighted by molar-refractivity contribution is -0.717. The summed E-state index contributed by atoms with van der Waals surface area (Å²) >= 11 is 0. The SMILES string of the molecule is C=C/C1=N/C(=C)CC2C(CCc3c(C)nc4c(oc5ccccc54)c31)c1ccccc1-c1cc(CC(C)C)c([Si](C)(C)C)c[n+]12. The van der Waals surface area contributed by atoms with Crippen LogP contribution >= 0.6 is 0 Å². The van der Waals surface area contributed by atoms with Crippen LogP contribution in [0.2, 0.25) is 19.6 Å². The van der Waals surface area contributed by atoms with E-state index in [1.165, 1.54) is 27.9 Å². The quantitative estimate of drug-likeness (QED) is 0.150.